The third-order valence-corrected chi connectivity index (χ3v) is 5.21. The number of hydrogen-bond acceptors (Lipinski definition) is 0. The highest BCUT2D eigenvalue weighted by Crippen LogP contribution is 2.20. The molecule has 0 N–H and O–H groups in total. The SMILES string of the molecule is c1ccc2c(Cn3cc[n+](Cc4cccc5ccccc45)c3)cccc2c1. The number of imidazole rings is 1. The molecule has 5 rings (SSSR count). The number of aromatic nitrogens is 2. The normalized spacial score (nSPS) is 11.3. The summed E-state index contributed by atoms with van der Waals surface area (Å²) < 4.78 is 4.51. The second-order valence-corrected chi connectivity index (χ2v) is 7.03. The van der Waals surface area contributed by atoms with Gasteiger partial charge in [-0.2, -0.15) is 0 Å². The first-order chi connectivity index (χ1) is 13.4. The highest BCUT2D eigenvalue weighted by atomic mass is 15.1. The average Bonchev–Trinajstić information content (AvgIpc) is 3.15. The first-order valence-electron chi connectivity index (χ1n) is 9.35. The highest BCUT2D eigenvalue weighted by Gasteiger charge is 2.09. The molecule has 0 aliphatic heterocycles. The molecule has 0 saturated carbocycles. The number of rotatable bonds is 4. The minimum absolute atomic E-state index is 0.879. The number of nitrogens with zero attached hydrogens (tertiary/aromatic N) is 2. The zero-order valence-electron chi connectivity index (χ0n) is 15.1. The first kappa shape index (κ1) is 15.8. The monoisotopic (exact) mass is 349 g/mol. The first-order valence-corrected chi connectivity index (χ1v) is 9.35. The van der Waals surface area contributed by atoms with Crippen LogP contribution in [0.2, 0.25) is 0 Å². The Morgan fingerprint density at radius 2 is 1.22 bits per heavy atom. The summed E-state index contributed by atoms with van der Waals surface area (Å²) in [6, 6.07) is 30.3. The minimum atomic E-state index is 0.879. The van der Waals surface area contributed by atoms with Crippen LogP contribution in [0.5, 0.6) is 0 Å². The van der Waals surface area contributed by atoms with Gasteiger partial charge in [0.15, 0.2) is 0 Å². The molecule has 0 saturated heterocycles. The van der Waals surface area contributed by atoms with Crippen molar-refractivity contribution in [2.24, 2.45) is 0 Å². The minimum Gasteiger partial charge on any atom is -0.233 e. The van der Waals surface area contributed by atoms with Crippen LogP contribution in [0.25, 0.3) is 21.5 Å². The van der Waals surface area contributed by atoms with Gasteiger partial charge in [0.05, 0.1) is 0 Å². The molecule has 0 fully saturated rings. The van der Waals surface area contributed by atoms with E-state index in [0.717, 1.165) is 13.1 Å². The smallest absolute Gasteiger partial charge is 0.233 e. The van der Waals surface area contributed by atoms with Crippen LogP contribution in [0.1, 0.15) is 11.1 Å². The molecule has 0 aliphatic rings. The van der Waals surface area contributed by atoms with Gasteiger partial charge in [-0.15, -0.1) is 0 Å². The highest BCUT2D eigenvalue weighted by molar-refractivity contribution is 5.86. The fourth-order valence-corrected chi connectivity index (χ4v) is 3.88. The standard InChI is InChI=1S/C25H21N2/c1-3-13-24-20(7-1)9-5-11-22(24)17-26-15-16-27(19-26)18-23-12-6-10-21-8-2-4-14-25(21)23/h1-16,19H,17-18H2/q+1. The molecule has 1 heterocycles. The van der Waals surface area contributed by atoms with Crippen LogP contribution in [0, 0.1) is 0 Å². The third-order valence-electron chi connectivity index (χ3n) is 5.21. The summed E-state index contributed by atoms with van der Waals surface area (Å²) >= 11 is 0. The molecule has 5 aromatic rings. The summed E-state index contributed by atoms with van der Waals surface area (Å²) in [6.07, 6.45) is 6.52. The van der Waals surface area contributed by atoms with Gasteiger partial charge in [0.2, 0.25) is 6.33 Å². The number of fused-ring (bicyclic) bond motifs is 2. The zero-order chi connectivity index (χ0) is 18.1. The summed E-state index contributed by atoms with van der Waals surface area (Å²) in [6.45, 7) is 1.76. The lowest BCUT2D eigenvalue weighted by molar-refractivity contribution is -0.687. The Balaban J connectivity index is 1.43. The lowest BCUT2D eigenvalue weighted by Gasteiger charge is -2.05. The van der Waals surface area contributed by atoms with Crippen LogP contribution in [-0.2, 0) is 13.1 Å². The Kier molecular flexibility index (Phi) is 3.95. The van der Waals surface area contributed by atoms with E-state index in [1.807, 2.05) is 0 Å². The second kappa shape index (κ2) is 6.73. The molecule has 1 aromatic heterocycles. The van der Waals surface area contributed by atoms with Crippen molar-refractivity contribution in [1.82, 2.24) is 4.57 Å². The Labute approximate surface area is 158 Å². The molecule has 2 nitrogen and oxygen atoms in total. The third kappa shape index (κ3) is 3.11. The predicted molar refractivity (Wildman–Crippen MR) is 111 cm³/mol. The molecule has 0 spiro atoms. The fraction of sp³-hybridized carbons (Fsp3) is 0.0800. The molecule has 130 valence electrons. The maximum Gasteiger partial charge on any atom is 0.244 e. The van der Waals surface area contributed by atoms with E-state index < -0.39 is 0 Å². The van der Waals surface area contributed by atoms with Gasteiger partial charge in [0, 0.05) is 11.1 Å². The van der Waals surface area contributed by atoms with Crippen molar-refractivity contribution in [3.05, 3.63) is 115 Å². The molecule has 0 bridgehead atoms. The van der Waals surface area contributed by atoms with Crippen LogP contribution >= 0.6 is 0 Å². The summed E-state index contributed by atoms with van der Waals surface area (Å²) in [5.74, 6) is 0. The Hall–Kier alpha value is -3.39. The van der Waals surface area contributed by atoms with E-state index in [2.05, 4.69) is 113 Å². The van der Waals surface area contributed by atoms with Crippen LogP contribution in [0.3, 0.4) is 0 Å². The van der Waals surface area contributed by atoms with E-state index in [1.54, 1.807) is 0 Å². The van der Waals surface area contributed by atoms with Crippen molar-refractivity contribution in [1.29, 1.82) is 0 Å². The van der Waals surface area contributed by atoms with Crippen molar-refractivity contribution in [2.45, 2.75) is 13.1 Å². The van der Waals surface area contributed by atoms with E-state index in [9.17, 15) is 0 Å². The van der Waals surface area contributed by atoms with Gasteiger partial charge >= 0.3 is 0 Å². The Morgan fingerprint density at radius 1 is 0.630 bits per heavy atom. The second-order valence-electron chi connectivity index (χ2n) is 7.03. The summed E-state index contributed by atoms with van der Waals surface area (Å²) in [7, 11) is 0. The molecule has 0 unspecified atom stereocenters. The van der Waals surface area contributed by atoms with Crippen molar-refractivity contribution >= 4 is 21.5 Å². The van der Waals surface area contributed by atoms with Crippen molar-refractivity contribution in [2.75, 3.05) is 0 Å². The summed E-state index contributed by atoms with van der Waals surface area (Å²) in [4.78, 5) is 0. The Morgan fingerprint density at radius 3 is 1.96 bits per heavy atom. The molecule has 4 aromatic carbocycles. The van der Waals surface area contributed by atoms with Crippen molar-refractivity contribution < 1.29 is 4.57 Å². The average molecular weight is 349 g/mol. The van der Waals surface area contributed by atoms with Gasteiger partial charge < -0.3 is 0 Å². The largest absolute Gasteiger partial charge is 0.244 e. The van der Waals surface area contributed by atoms with Gasteiger partial charge in [0.1, 0.15) is 25.5 Å². The van der Waals surface area contributed by atoms with Gasteiger partial charge in [-0.3, -0.25) is 0 Å². The summed E-state index contributed by atoms with van der Waals surface area (Å²) in [5.41, 5.74) is 2.70. The van der Waals surface area contributed by atoms with E-state index >= 15 is 0 Å². The van der Waals surface area contributed by atoms with Crippen LogP contribution in [-0.4, -0.2) is 4.57 Å². The topological polar surface area (TPSA) is 8.81 Å². The molecule has 27 heavy (non-hydrogen) atoms. The zero-order valence-corrected chi connectivity index (χ0v) is 15.1. The molecule has 0 atom stereocenters. The molecular weight excluding hydrogens is 328 g/mol. The van der Waals surface area contributed by atoms with Crippen LogP contribution < -0.4 is 4.57 Å². The van der Waals surface area contributed by atoms with E-state index in [1.165, 1.54) is 32.7 Å². The van der Waals surface area contributed by atoms with Crippen LogP contribution in [0.15, 0.2) is 104 Å². The van der Waals surface area contributed by atoms with E-state index in [-0.39, 0.29) is 0 Å². The number of hydrogen-bond donors (Lipinski definition) is 0. The predicted octanol–water partition coefficient (Wildman–Crippen LogP) is 5.18. The summed E-state index contributed by atoms with van der Waals surface area (Å²) in [5, 5.41) is 5.25. The van der Waals surface area contributed by atoms with Crippen LogP contribution in [0.4, 0.5) is 0 Å². The molecule has 0 amide bonds. The maximum absolute atomic E-state index is 2.26. The molecule has 0 aliphatic carbocycles. The molecule has 2 heteroatoms. The van der Waals surface area contributed by atoms with Crippen molar-refractivity contribution in [3.63, 3.8) is 0 Å². The van der Waals surface area contributed by atoms with Gasteiger partial charge in [0.25, 0.3) is 0 Å². The van der Waals surface area contributed by atoms with E-state index in [0.29, 0.717) is 0 Å². The Bertz CT molecular complexity index is 1130. The van der Waals surface area contributed by atoms with E-state index in [4.69, 9.17) is 0 Å². The maximum atomic E-state index is 2.26. The van der Waals surface area contributed by atoms with Crippen molar-refractivity contribution in [3.8, 4) is 0 Å². The fourth-order valence-electron chi connectivity index (χ4n) is 3.88. The lowest BCUT2D eigenvalue weighted by Crippen LogP contribution is -2.31. The number of benzene rings is 4. The van der Waals surface area contributed by atoms with Gasteiger partial charge in [-0.05, 0) is 21.5 Å². The van der Waals surface area contributed by atoms with Gasteiger partial charge in [-0.25, -0.2) is 9.13 Å². The quantitative estimate of drug-likeness (QED) is 0.395. The molecule has 0 radical (unpaired) electrons. The molecular formula is C25H21N2+. The van der Waals surface area contributed by atoms with Gasteiger partial charge in [-0.1, -0.05) is 84.9 Å². The lowest BCUT2D eigenvalue weighted by atomic mass is 10.0.